The Morgan fingerprint density at radius 3 is 2.62 bits per heavy atom. The molecule has 1 amide bonds. The van der Waals surface area contributed by atoms with Gasteiger partial charge in [-0.25, -0.2) is 0 Å². The number of benzene rings is 1. The highest BCUT2D eigenvalue weighted by Crippen LogP contribution is 2.21. The van der Waals surface area contributed by atoms with Gasteiger partial charge in [0, 0.05) is 30.2 Å². The Balaban J connectivity index is 2.78. The summed E-state index contributed by atoms with van der Waals surface area (Å²) in [6.07, 6.45) is 0.602. The van der Waals surface area contributed by atoms with E-state index in [1.807, 2.05) is 6.92 Å². The van der Waals surface area contributed by atoms with Crippen LogP contribution >= 0.6 is 0 Å². The molecule has 7 nitrogen and oxygen atoms in total. The number of amides is 1. The molecule has 1 unspecified atom stereocenters. The zero-order valence-electron chi connectivity index (χ0n) is 12.0. The lowest BCUT2D eigenvalue weighted by molar-refractivity contribution is -0.385. The van der Waals surface area contributed by atoms with E-state index >= 15 is 0 Å². The van der Waals surface area contributed by atoms with Crippen LogP contribution in [0.4, 0.5) is 5.69 Å². The monoisotopic (exact) mass is 294 g/mol. The Morgan fingerprint density at radius 2 is 2.10 bits per heavy atom. The number of carboxylic acids is 1. The van der Waals surface area contributed by atoms with E-state index in [4.69, 9.17) is 5.11 Å². The Bertz CT molecular complexity index is 556. The standard InChI is InChI=1S/C14H18N2O5/c1-3-10(7-13(17)18)8-15-14(19)11-5-4-6-12(9(11)2)16(20)21/h4-6,10H,3,7-8H2,1-2H3,(H,15,19)(H,17,18). The van der Waals surface area contributed by atoms with Crippen LogP contribution in [0.25, 0.3) is 0 Å². The van der Waals surface area contributed by atoms with Crippen molar-refractivity contribution in [3.05, 3.63) is 39.4 Å². The van der Waals surface area contributed by atoms with Crippen molar-refractivity contribution in [3.63, 3.8) is 0 Å². The van der Waals surface area contributed by atoms with Crippen molar-refractivity contribution in [3.8, 4) is 0 Å². The molecule has 7 heteroatoms. The molecule has 0 bridgehead atoms. The number of nitrogens with one attached hydrogen (secondary N) is 1. The average Bonchev–Trinajstić information content (AvgIpc) is 2.42. The molecule has 0 heterocycles. The number of hydrogen-bond donors (Lipinski definition) is 2. The van der Waals surface area contributed by atoms with E-state index in [9.17, 15) is 19.7 Å². The summed E-state index contributed by atoms with van der Waals surface area (Å²) in [6.45, 7) is 3.59. The van der Waals surface area contributed by atoms with E-state index in [1.54, 1.807) is 0 Å². The van der Waals surface area contributed by atoms with Crippen molar-refractivity contribution in [1.82, 2.24) is 5.32 Å². The minimum Gasteiger partial charge on any atom is -0.481 e. The predicted octanol–water partition coefficient (Wildman–Crippen LogP) is 2.13. The fraction of sp³-hybridized carbons (Fsp3) is 0.429. The first kappa shape index (κ1) is 16.6. The fourth-order valence-electron chi connectivity index (χ4n) is 2.01. The summed E-state index contributed by atoms with van der Waals surface area (Å²) < 4.78 is 0. The smallest absolute Gasteiger partial charge is 0.303 e. The minimum atomic E-state index is -0.914. The molecule has 0 fully saturated rings. The highest BCUT2D eigenvalue weighted by molar-refractivity contribution is 5.96. The number of aliphatic carboxylic acids is 1. The van der Waals surface area contributed by atoms with E-state index in [1.165, 1.54) is 25.1 Å². The van der Waals surface area contributed by atoms with Crippen LogP contribution in [0.2, 0.25) is 0 Å². The number of carbonyl (C=O) groups excluding carboxylic acids is 1. The van der Waals surface area contributed by atoms with E-state index in [2.05, 4.69) is 5.32 Å². The van der Waals surface area contributed by atoms with E-state index in [0.29, 0.717) is 12.0 Å². The second-order valence-corrected chi connectivity index (χ2v) is 4.79. The molecule has 2 N–H and O–H groups in total. The first-order valence-corrected chi connectivity index (χ1v) is 6.60. The lowest BCUT2D eigenvalue weighted by Crippen LogP contribution is -2.30. The van der Waals surface area contributed by atoms with Gasteiger partial charge in [0.2, 0.25) is 0 Å². The van der Waals surface area contributed by atoms with Gasteiger partial charge < -0.3 is 10.4 Å². The molecule has 1 atom stereocenters. The molecule has 0 aliphatic carbocycles. The number of rotatable bonds is 7. The molecular weight excluding hydrogens is 276 g/mol. The van der Waals surface area contributed by atoms with Crippen molar-refractivity contribution >= 4 is 17.6 Å². The number of carbonyl (C=O) groups is 2. The Hall–Kier alpha value is -2.44. The quantitative estimate of drug-likeness (QED) is 0.591. The molecule has 0 spiro atoms. The SMILES string of the molecule is CCC(CNC(=O)c1cccc([N+](=O)[O-])c1C)CC(=O)O. The third kappa shape index (κ3) is 4.55. The number of hydrogen-bond acceptors (Lipinski definition) is 4. The number of carboxylic acid groups (broad SMARTS) is 1. The van der Waals surface area contributed by atoms with Crippen molar-refractivity contribution in [2.45, 2.75) is 26.7 Å². The van der Waals surface area contributed by atoms with Crippen LogP contribution in [-0.2, 0) is 4.79 Å². The largest absolute Gasteiger partial charge is 0.481 e. The first-order chi connectivity index (χ1) is 9.86. The average molecular weight is 294 g/mol. The van der Waals surface area contributed by atoms with Gasteiger partial charge in [0.25, 0.3) is 11.6 Å². The predicted molar refractivity (Wildman–Crippen MR) is 76.2 cm³/mol. The van der Waals surface area contributed by atoms with Gasteiger partial charge in [-0.15, -0.1) is 0 Å². The van der Waals surface area contributed by atoms with Crippen LogP contribution in [0.3, 0.4) is 0 Å². The molecule has 0 aliphatic heterocycles. The Morgan fingerprint density at radius 1 is 1.43 bits per heavy atom. The normalized spacial score (nSPS) is 11.7. The maximum Gasteiger partial charge on any atom is 0.303 e. The van der Waals surface area contributed by atoms with Crippen LogP contribution in [0.15, 0.2) is 18.2 Å². The van der Waals surface area contributed by atoms with Gasteiger partial charge in [0.1, 0.15) is 0 Å². The molecule has 0 saturated carbocycles. The summed E-state index contributed by atoms with van der Waals surface area (Å²) in [6, 6.07) is 4.30. The molecule has 1 aromatic rings. The molecular formula is C14H18N2O5. The zero-order valence-corrected chi connectivity index (χ0v) is 12.0. The van der Waals surface area contributed by atoms with Gasteiger partial charge in [-0.2, -0.15) is 0 Å². The first-order valence-electron chi connectivity index (χ1n) is 6.60. The Labute approximate surface area is 122 Å². The van der Waals surface area contributed by atoms with Gasteiger partial charge in [-0.3, -0.25) is 19.7 Å². The highest BCUT2D eigenvalue weighted by Gasteiger charge is 2.19. The molecule has 114 valence electrons. The van der Waals surface area contributed by atoms with Gasteiger partial charge in [-0.05, 0) is 18.9 Å². The van der Waals surface area contributed by atoms with Gasteiger partial charge in [0.15, 0.2) is 0 Å². The number of nitro benzene ring substituents is 1. The second-order valence-electron chi connectivity index (χ2n) is 4.79. The van der Waals surface area contributed by atoms with E-state index < -0.39 is 16.8 Å². The Kier molecular flexibility index (Phi) is 5.83. The van der Waals surface area contributed by atoms with Crippen LogP contribution in [0.1, 0.15) is 35.7 Å². The van der Waals surface area contributed by atoms with Crippen LogP contribution in [0, 0.1) is 23.0 Å². The van der Waals surface area contributed by atoms with Crippen molar-refractivity contribution in [1.29, 1.82) is 0 Å². The maximum absolute atomic E-state index is 12.1. The maximum atomic E-state index is 12.1. The van der Waals surface area contributed by atoms with Crippen molar-refractivity contribution < 1.29 is 19.6 Å². The van der Waals surface area contributed by atoms with Crippen LogP contribution in [-0.4, -0.2) is 28.5 Å². The van der Waals surface area contributed by atoms with E-state index in [-0.39, 0.29) is 30.1 Å². The van der Waals surface area contributed by atoms with Crippen molar-refractivity contribution in [2.75, 3.05) is 6.54 Å². The molecule has 0 saturated heterocycles. The van der Waals surface area contributed by atoms with E-state index in [0.717, 1.165) is 0 Å². The summed E-state index contributed by atoms with van der Waals surface area (Å²) in [5.74, 6) is -1.51. The highest BCUT2D eigenvalue weighted by atomic mass is 16.6. The van der Waals surface area contributed by atoms with Crippen LogP contribution < -0.4 is 5.32 Å². The molecule has 1 rings (SSSR count). The number of nitrogens with zero attached hydrogens (tertiary/aromatic N) is 1. The third-order valence-corrected chi connectivity index (χ3v) is 3.34. The van der Waals surface area contributed by atoms with Crippen LogP contribution in [0.5, 0.6) is 0 Å². The molecule has 21 heavy (non-hydrogen) atoms. The fourth-order valence-corrected chi connectivity index (χ4v) is 2.01. The molecule has 0 aliphatic rings. The van der Waals surface area contributed by atoms with Crippen molar-refractivity contribution in [2.24, 2.45) is 5.92 Å². The molecule has 0 aromatic heterocycles. The van der Waals surface area contributed by atoms with Gasteiger partial charge >= 0.3 is 5.97 Å². The summed E-state index contributed by atoms with van der Waals surface area (Å²) in [7, 11) is 0. The second kappa shape index (κ2) is 7.37. The summed E-state index contributed by atoms with van der Waals surface area (Å²) in [4.78, 5) is 33.0. The summed E-state index contributed by atoms with van der Waals surface area (Å²) >= 11 is 0. The summed E-state index contributed by atoms with van der Waals surface area (Å²) in [5.41, 5.74) is 0.417. The minimum absolute atomic E-state index is 0.0231. The lowest BCUT2D eigenvalue weighted by atomic mass is 10.0. The summed E-state index contributed by atoms with van der Waals surface area (Å²) in [5, 5.41) is 22.2. The van der Waals surface area contributed by atoms with Gasteiger partial charge in [0.05, 0.1) is 4.92 Å². The zero-order chi connectivity index (χ0) is 16.0. The number of nitro groups is 1. The third-order valence-electron chi connectivity index (χ3n) is 3.34. The molecule has 0 radical (unpaired) electrons. The topological polar surface area (TPSA) is 110 Å². The lowest BCUT2D eigenvalue weighted by Gasteiger charge is -2.14. The van der Waals surface area contributed by atoms with Gasteiger partial charge in [-0.1, -0.05) is 19.4 Å². The molecule has 1 aromatic carbocycles.